The van der Waals surface area contributed by atoms with Crippen LogP contribution in [-0.2, 0) is 0 Å². The molecule has 0 saturated heterocycles. The number of anilines is 1. The number of hydrogen-bond donors (Lipinski definition) is 2. The Morgan fingerprint density at radius 3 is 2.89 bits per heavy atom. The van der Waals surface area contributed by atoms with E-state index in [4.69, 9.17) is 5.11 Å². The van der Waals surface area contributed by atoms with Crippen molar-refractivity contribution in [3.8, 4) is 0 Å². The third-order valence-corrected chi connectivity index (χ3v) is 2.62. The van der Waals surface area contributed by atoms with Gasteiger partial charge in [0, 0.05) is 38.1 Å². The predicted molar refractivity (Wildman–Crippen MR) is 71.7 cm³/mol. The fourth-order valence-electron chi connectivity index (χ4n) is 1.69. The van der Waals surface area contributed by atoms with Crippen molar-refractivity contribution in [2.45, 2.75) is 20.3 Å². The van der Waals surface area contributed by atoms with Crippen LogP contribution in [0.2, 0.25) is 0 Å². The zero-order valence-electron chi connectivity index (χ0n) is 11.0. The topological polar surface area (TPSA) is 65.5 Å². The van der Waals surface area contributed by atoms with Gasteiger partial charge in [-0.1, -0.05) is 0 Å². The molecule has 0 aliphatic carbocycles. The maximum Gasteiger partial charge on any atom is 0.272 e. The molecule has 0 saturated carbocycles. The van der Waals surface area contributed by atoms with Crippen molar-refractivity contribution < 1.29 is 9.90 Å². The summed E-state index contributed by atoms with van der Waals surface area (Å²) in [5, 5.41) is 12.0. The Balaban J connectivity index is 2.77. The molecule has 18 heavy (non-hydrogen) atoms. The fraction of sp³-hybridized carbons (Fsp3) is 0.538. The zero-order valence-corrected chi connectivity index (χ0v) is 11.0. The van der Waals surface area contributed by atoms with E-state index in [-0.39, 0.29) is 12.5 Å². The molecule has 0 aliphatic rings. The molecule has 0 radical (unpaired) electrons. The summed E-state index contributed by atoms with van der Waals surface area (Å²) in [4.78, 5) is 18.0. The van der Waals surface area contributed by atoms with Crippen LogP contribution in [0.4, 0.5) is 5.69 Å². The third-order valence-electron chi connectivity index (χ3n) is 2.62. The number of aliphatic hydroxyl groups excluding tert-OH is 1. The predicted octanol–water partition coefficient (Wildman–Crippen LogP) is 1.36. The first kappa shape index (κ1) is 14.4. The maximum atomic E-state index is 12.2. The smallest absolute Gasteiger partial charge is 0.272 e. The van der Waals surface area contributed by atoms with Crippen molar-refractivity contribution in [1.29, 1.82) is 0 Å². The Labute approximate surface area is 108 Å². The van der Waals surface area contributed by atoms with E-state index in [0.29, 0.717) is 25.2 Å². The summed E-state index contributed by atoms with van der Waals surface area (Å²) in [6, 6.07) is 3.59. The van der Waals surface area contributed by atoms with Gasteiger partial charge in [0.25, 0.3) is 5.91 Å². The number of pyridine rings is 1. The van der Waals surface area contributed by atoms with Crippen molar-refractivity contribution in [3.63, 3.8) is 0 Å². The molecule has 100 valence electrons. The van der Waals surface area contributed by atoms with Gasteiger partial charge >= 0.3 is 0 Å². The highest BCUT2D eigenvalue weighted by atomic mass is 16.3. The van der Waals surface area contributed by atoms with Crippen LogP contribution in [0.3, 0.4) is 0 Å². The molecule has 0 spiro atoms. The first-order chi connectivity index (χ1) is 8.72. The monoisotopic (exact) mass is 251 g/mol. The highest BCUT2D eigenvalue weighted by molar-refractivity contribution is 5.93. The molecule has 5 nitrogen and oxygen atoms in total. The van der Waals surface area contributed by atoms with Gasteiger partial charge in [0.05, 0.1) is 0 Å². The number of aliphatic hydroxyl groups is 1. The van der Waals surface area contributed by atoms with Crippen molar-refractivity contribution in [2.75, 3.05) is 31.6 Å². The van der Waals surface area contributed by atoms with E-state index in [1.165, 1.54) is 0 Å². The molecule has 5 heteroatoms. The first-order valence-electron chi connectivity index (χ1n) is 6.33. The van der Waals surface area contributed by atoms with E-state index in [1.54, 1.807) is 17.2 Å². The van der Waals surface area contributed by atoms with Crippen molar-refractivity contribution in [3.05, 3.63) is 24.0 Å². The van der Waals surface area contributed by atoms with Gasteiger partial charge in [-0.25, -0.2) is 0 Å². The second-order valence-corrected chi connectivity index (χ2v) is 3.92. The molecule has 1 heterocycles. The van der Waals surface area contributed by atoms with Crippen LogP contribution in [0.25, 0.3) is 0 Å². The summed E-state index contributed by atoms with van der Waals surface area (Å²) in [5.41, 5.74) is 1.34. The molecule has 0 atom stereocenters. The van der Waals surface area contributed by atoms with Gasteiger partial charge in [-0.2, -0.15) is 0 Å². The average molecular weight is 251 g/mol. The van der Waals surface area contributed by atoms with E-state index in [2.05, 4.69) is 10.3 Å². The Morgan fingerprint density at radius 1 is 1.50 bits per heavy atom. The molecule has 0 unspecified atom stereocenters. The second kappa shape index (κ2) is 7.66. The van der Waals surface area contributed by atoms with Crippen LogP contribution in [0, 0.1) is 0 Å². The molecule has 1 aromatic heterocycles. The Morgan fingerprint density at radius 2 is 2.28 bits per heavy atom. The van der Waals surface area contributed by atoms with Crippen molar-refractivity contribution >= 4 is 11.6 Å². The molecule has 0 aromatic carbocycles. The van der Waals surface area contributed by atoms with E-state index >= 15 is 0 Å². The summed E-state index contributed by atoms with van der Waals surface area (Å²) in [6.07, 6.45) is 2.22. The first-order valence-corrected chi connectivity index (χ1v) is 6.33. The lowest BCUT2D eigenvalue weighted by molar-refractivity contribution is 0.0748. The number of carbonyl (C=O) groups is 1. The van der Waals surface area contributed by atoms with Crippen LogP contribution < -0.4 is 5.32 Å². The molecule has 0 aliphatic heterocycles. The summed E-state index contributed by atoms with van der Waals surface area (Å²) >= 11 is 0. The van der Waals surface area contributed by atoms with Crippen LogP contribution in [0.15, 0.2) is 18.3 Å². The van der Waals surface area contributed by atoms with Gasteiger partial charge in [-0.05, 0) is 32.4 Å². The van der Waals surface area contributed by atoms with Gasteiger partial charge in [0.1, 0.15) is 5.69 Å². The van der Waals surface area contributed by atoms with Gasteiger partial charge in [0.15, 0.2) is 0 Å². The summed E-state index contributed by atoms with van der Waals surface area (Å²) in [7, 11) is 0. The van der Waals surface area contributed by atoms with E-state index < -0.39 is 0 Å². The standard InChI is InChI=1S/C13H21N3O2/c1-3-14-11-6-7-15-12(10-11)13(18)16(4-2)8-5-9-17/h6-7,10,17H,3-5,8-9H2,1-2H3,(H,14,15). The summed E-state index contributed by atoms with van der Waals surface area (Å²) in [5.74, 6) is -0.0919. The molecular weight excluding hydrogens is 230 g/mol. The number of nitrogens with one attached hydrogen (secondary N) is 1. The SMILES string of the molecule is CCNc1ccnc(C(=O)N(CC)CCCO)c1. The van der Waals surface area contributed by atoms with E-state index in [1.807, 2.05) is 19.9 Å². The van der Waals surface area contributed by atoms with E-state index in [0.717, 1.165) is 12.2 Å². The van der Waals surface area contributed by atoms with E-state index in [9.17, 15) is 4.79 Å². The average Bonchev–Trinajstić information content (AvgIpc) is 2.40. The highest BCUT2D eigenvalue weighted by Gasteiger charge is 2.15. The van der Waals surface area contributed by atoms with Crippen LogP contribution >= 0.6 is 0 Å². The van der Waals surface area contributed by atoms with Gasteiger partial charge in [0.2, 0.25) is 0 Å². The van der Waals surface area contributed by atoms with Crippen LogP contribution in [-0.4, -0.2) is 47.1 Å². The number of rotatable bonds is 7. The Hall–Kier alpha value is -1.62. The zero-order chi connectivity index (χ0) is 13.4. The Bertz CT molecular complexity index is 382. The number of nitrogens with zero attached hydrogens (tertiary/aromatic N) is 2. The molecule has 1 aromatic rings. The number of amides is 1. The largest absolute Gasteiger partial charge is 0.396 e. The molecular formula is C13H21N3O2. The molecule has 0 bridgehead atoms. The molecule has 2 N–H and O–H groups in total. The Kier molecular flexibility index (Phi) is 6.14. The minimum Gasteiger partial charge on any atom is -0.396 e. The fourth-order valence-corrected chi connectivity index (χ4v) is 1.69. The number of aromatic nitrogens is 1. The quantitative estimate of drug-likeness (QED) is 0.768. The molecule has 0 fully saturated rings. The maximum absolute atomic E-state index is 12.2. The van der Waals surface area contributed by atoms with Crippen LogP contribution in [0.5, 0.6) is 0 Å². The third kappa shape index (κ3) is 4.00. The normalized spacial score (nSPS) is 10.2. The lowest BCUT2D eigenvalue weighted by Crippen LogP contribution is -2.32. The van der Waals surface area contributed by atoms with Crippen molar-refractivity contribution in [1.82, 2.24) is 9.88 Å². The van der Waals surface area contributed by atoms with Crippen molar-refractivity contribution in [2.24, 2.45) is 0 Å². The minimum absolute atomic E-state index is 0.0919. The summed E-state index contributed by atoms with van der Waals surface area (Å²) in [6.45, 7) is 5.99. The molecule has 1 rings (SSSR count). The lowest BCUT2D eigenvalue weighted by atomic mass is 10.2. The number of carbonyl (C=O) groups excluding carboxylic acids is 1. The second-order valence-electron chi connectivity index (χ2n) is 3.92. The van der Waals surface area contributed by atoms with Gasteiger partial charge < -0.3 is 15.3 Å². The highest BCUT2D eigenvalue weighted by Crippen LogP contribution is 2.10. The van der Waals surface area contributed by atoms with Gasteiger partial charge in [-0.15, -0.1) is 0 Å². The lowest BCUT2D eigenvalue weighted by Gasteiger charge is -2.20. The van der Waals surface area contributed by atoms with Gasteiger partial charge in [-0.3, -0.25) is 9.78 Å². The van der Waals surface area contributed by atoms with Crippen LogP contribution in [0.1, 0.15) is 30.8 Å². The summed E-state index contributed by atoms with van der Waals surface area (Å²) < 4.78 is 0. The molecule has 1 amide bonds. The number of hydrogen-bond acceptors (Lipinski definition) is 4. The minimum atomic E-state index is -0.0919.